The summed E-state index contributed by atoms with van der Waals surface area (Å²) in [7, 11) is 0. The number of halogens is 2. The molecule has 2 aliphatic rings. The Hall–Kier alpha value is 0.440. The van der Waals surface area contributed by atoms with Crippen molar-refractivity contribution < 1.29 is 0 Å². The largest absolute Gasteiger partial charge is 0.0845 e. The summed E-state index contributed by atoms with van der Waals surface area (Å²) in [5.41, 5.74) is 0. The van der Waals surface area contributed by atoms with Gasteiger partial charge >= 0.3 is 0 Å². The topological polar surface area (TPSA) is 0 Å². The fourth-order valence-electron chi connectivity index (χ4n) is 2.33. The molecule has 2 rings (SSSR count). The molecule has 78 valence electrons. The average Bonchev–Trinajstić information content (AvgIpc) is 2.21. The van der Waals surface area contributed by atoms with Crippen LogP contribution in [-0.2, 0) is 0 Å². The molecule has 0 aromatic rings. The lowest BCUT2D eigenvalue weighted by atomic mass is 9.79. The molecule has 0 spiro atoms. The Kier molecular flexibility index (Phi) is 3.89. The maximum absolute atomic E-state index is 3.64. The number of hydrogen-bond donors (Lipinski definition) is 0. The van der Waals surface area contributed by atoms with Crippen molar-refractivity contribution in [3.8, 4) is 0 Å². The minimum absolute atomic E-state index is 0.621. The van der Waals surface area contributed by atoms with Crippen LogP contribution in [0.1, 0.15) is 25.7 Å². The van der Waals surface area contributed by atoms with Crippen LogP contribution in [0.3, 0.4) is 0 Å². The molecule has 0 fully saturated rings. The van der Waals surface area contributed by atoms with Gasteiger partial charge in [0.1, 0.15) is 0 Å². The van der Waals surface area contributed by atoms with Gasteiger partial charge in [0.25, 0.3) is 0 Å². The fraction of sp³-hybridized carbons (Fsp3) is 0.667. The van der Waals surface area contributed by atoms with Gasteiger partial charge in [0.2, 0.25) is 0 Å². The van der Waals surface area contributed by atoms with Crippen molar-refractivity contribution in [1.29, 1.82) is 0 Å². The highest BCUT2D eigenvalue weighted by atomic mass is 79.9. The molecule has 0 radical (unpaired) electrons. The summed E-state index contributed by atoms with van der Waals surface area (Å²) in [5.74, 6) is 1.58. The lowest BCUT2D eigenvalue weighted by molar-refractivity contribution is 0.387. The Morgan fingerprint density at radius 3 is 1.36 bits per heavy atom. The molecule has 0 bridgehead atoms. The van der Waals surface area contributed by atoms with E-state index >= 15 is 0 Å². The summed E-state index contributed by atoms with van der Waals surface area (Å²) >= 11 is 7.27. The van der Waals surface area contributed by atoms with Crippen molar-refractivity contribution in [3.63, 3.8) is 0 Å². The smallest absolute Gasteiger partial charge is 0.0325 e. The highest BCUT2D eigenvalue weighted by Crippen LogP contribution is 2.34. The highest BCUT2D eigenvalue weighted by Gasteiger charge is 2.23. The van der Waals surface area contributed by atoms with E-state index < -0.39 is 0 Å². The first-order valence-electron chi connectivity index (χ1n) is 5.40. The van der Waals surface area contributed by atoms with Gasteiger partial charge in [0, 0.05) is 9.65 Å². The Morgan fingerprint density at radius 2 is 1.07 bits per heavy atom. The normalized spacial score (nSPS) is 42.7. The molecule has 2 heteroatoms. The van der Waals surface area contributed by atoms with Crippen LogP contribution in [0.5, 0.6) is 0 Å². The second-order valence-corrected chi connectivity index (χ2v) is 6.64. The monoisotopic (exact) mass is 318 g/mol. The summed E-state index contributed by atoms with van der Waals surface area (Å²) in [6.07, 6.45) is 14.7. The predicted molar refractivity (Wildman–Crippen MR) is 69.2 cm³/mol. The van der Waals surface area contributed by atoms with E-state index in [0.29, 0.717) is 9.65 Å². The molecule has 0 aromatic carbocycles. The maximum atomic E-state index is 3.64. The van der Waals surface area contributed by atoms with Crippen LogP contribution >= 0.6 is 31.9 Å². The zero-order valence-corrected chi connectivity index (χ0v) is 11.4. The first kappa shape index (κ1) is 10.9. The van der Waals surface area contributed by atoms with Gasteiger partial charge in [0.05, 0.1) is 0 Å². The quantitative estimate of drug-likeness (QED) is 0.495. The first-order valence-corrected chi connectivity index (χ1v) is 7.23. The lowest BCUT2D eigenvalue weighted by Crippen LogP contribution is -2.19. The summed E-state index contributed by atoms with van der Waals surface area (Å²) in [4.78, 5) is 1.24. The first-order chi connectivity index (χ1) is 6.75. The third-order valence-electron chi connectivity index (χ3n) is 3.24. The molecule has 4 unspecified atom stereocenters. The van der Waals surface area contributed by atoms with Crippen LogP contribution in [0.15, 0.2) is 24.3 Å². The van der Waals surface area contributed by atoms with Crippen LogP contribution in [0.2, 0.25) is 0 Å². The predicted octanol–water partition coefficient (Wildman–Crippen LogP) is 4.45. The zero-order chi connectivity index (χ0) is 9.97. The lowest BCUT2D eigenvalue weighted by Gasteiger charge is -2.29. The van der Waals surface area contributed by atoms with Gasteiger partial charge in [0.15, 0.2) is 0 Å². The number of allylic oxidation sites excluding steroid dienone is 4. The van der Waals surface area contributed by atoms with Crippen LogP contribution in [0.25, 0.3) is 0 Å². The zero-order valence-electron chi connectivity index (χ0n) is 8.20. The van der Waals surface area contributed by atoms with Crippen LogP contribution in [0, 0.1) is 11.8 Å². The van der Waals surface area contributed by atoms with E-state index in [2.05, 4.69) is 56.2 Å². The number of alkyl halides is 2. The number of rotatable bonds is 1. The summed E-state index contributed by atoms with van der Waals surface area (Å²) < 4.78 is 0. The SMILES string of the molecule is BrC1C=CC(C2C=CC(Br)CC2)CC1. The van der Waals surface area contributed by atoms with E-state index in [1.54, 1.807) is 0 Å². The summed E-state index contributed by atoms with van der Waals surface area (Å²) in [6, 6.07) is 0. The Balaban J connectivity index is 1.96. The van der Waals surface area contributed by atoms with E-state index in [1.807, 2.05) is 0 Å². The van der Waals surface area contributed by atoms with E-state index in [-0.39, 0.29) is 0 Å². The summed E-state index contributed by atoms with van der Waals surface area (Å²) in [6.45, 7) is 0. The van der Waals surface area contributed by atoms with Gasteiger partial charge < -0.3 is 0 Å². The van der Waals surface area contributed by atoms with Crippen LogP contribution in [0.4, 0.5) is 0 Å². The molecule has 0 aromatic heterocycles. The standard InChI is InChI=1S/C12H16Br2/c13-11-5-1-9(2-6-11)10-3-7-12(14)8-4-10/h1,3,5,7,9-12H,2,4,6,8H2. The minimum Gasteiger partial charge on any atom is -0.0845 e. The van der Waals surface area contributed by atoms with Crippen molar-refractivity contribution in [1.82, 2.24) is 0 Å². The minimum atomic E-state index is 0.621. The molecular weight excluding hydrogens is 304 g/mol. The second-order valence-electron chi connectivity index (χ2n) is 4.28. The molecular formula is C12H16Br2. The van der Waals surface area contributed by atoms with E-state index in [0.717, 1.165) is 11.8 Å². The molecule has 0 saturated carbocycles. The van der Waals surface area contributed by atoms with Gasteiger partial charge in [-0.2, -0.15) is 0 Å². The molecule has 0 aliphatic heterocycles. The number of hydrogen-bond acceptors (Lipinski definition) is 0. The Labute approximate surface area is 103 Å². The van der Waals surface area contributed by atoms with Crippen molar-refractivity contribution in [2.75, 3.05) is 0 Å². The molecule has 2 aliphatic carbocycles. The van der Waals surface area contributed by atoms with E-state index in [4.69, 9.17) is 0 Å². The van der Waals surface area contributed by atoms with Crippen molar-refractivity contribution >= 4 is 31.9 Å². The van der Waals surface area contributed by atoms with Crippen molar-refractivity contribution in [3.05, 3.63) is 24.3 Å². The maximum Gasteiger partial charge on any atom is 0.0325 e. The van der Waals surface area contributed by atoms with E-state index in [1.165, 1.54) is 25.7 Å². The third kappa shape index (κ3) is 2.73. The molecule has 0 N–H and O–H groups in total. The molecule has 0 nitrogen and oxygen atoms in total. The molecule has 4 atom stereocenters. The molecule has 0 heterocycles. The third-order valence-corrected chi connectivity index (χ3v) is 4.76. The Morgan fingerprint density at radius 1 is 0.643 bits per heavy atom. The average molecular weight is 320 g/mol. The van der Waals surface area contributed by atoms with Crippen molar-refractivity contribution in [2.24, 2.45) is 11.8 Å². The fourth-order valence-corrected chi connectivity index (χ4v) is 3.21. The second kappa shape index (κ2) is 4.98. The molecule has 0 saturated heterocycles. The highest BCUT2D eigenvalue weighted by molar-refractivity contribution is 9.09. The van der Waals surface area contributed by atoms with Gasteiger partial charge in [-0.1, -0.05) is 56.2 Å². The van der Waals surface area contributed by atoms with Crippen LogP contribution < -0.4 is 0 Å². The van der Waals surface area contributed by atoms with Gasteiger partial charge in [-0.15, -0.1) is 0 Å². The summed E-state index contributed by atoms with van der Waals surface area (Å²) in [5, 5.41) is 0. The van der Waals surface area contributed by atoms with Crippen molar-refractivity contribution in [2.45, 2.75) is 35.3 Å². The van der Waals surface area contributed by atoms with Gasteiger partial charge in [-0.3, -0.25) is 0 Å². The van der Waals surface area contributed by atoms with Gasteiger partial charge in [-0.05, 0) is 37.5 Å². The Bertz CT molecular complexity index is 219. The molecule has 14 heavy (non-hydrogen) atoms. The molecule has 0 amide bonds. The van der Waals surface area contributed by atoms with Gasteiger partial charge in [-0.25, -0.2) is 0 Å². The van der Waals surface area contributed by atoms with Crippen LogP contribution in [-0.4, -0.2) is 9.65 Å². The van der Waals surface area contributed by atoms with E-state index in [9.17, 15) is 0 Å².